The van der Waals surface area contributed by atoms with E-state index in [0.29, 0.717) is 17.3 Å². The Labute approximate surface area is 167 Å². The van der Waals surface area contributed by atoms with Crippen LogP contribution in [0.3, 0.4) is 0 Å². The summed E-state index contributed by atoms with van der Waals surface area (Å²) < 4.78 is 0. The highest BCUT2D eigenvalue weighted by Crippen LogP contribution is 2.44. The first-order chi connectivity index (χ1) is 13.6. The molecule has 0 aliphatic carbocycles. The number of halogens is 1. The van der Waals surface area contributed by atoms with Gasteiger partial charge in [0.1, 0.15) is 0 Å². The third-order valence-electron chi connectivity index (χ3n) is 5.23. The van der Waals surface area contributed by atoms with Gasteiger partial charge in [-0.05, 0) is 54.6 Å². The second-order valence-corrected chi connectivity index (χ2v) is 7.39. The maximum absolute atomic E-state index is 13.3. The van der Waals surface area contributed by atoms with Crippen molar-refractivity contribution in [1.29, 1.82) is 0 Å². The van der Waals surface area contributed by atoms with Crippen molar-refractivity contribution in [2.24, 2.45) is 16.1 Å². The summed E-state index contributed by atoms with van der Waals surface area (Å²) in [6.07, 6.45) is 1.84. The van der Waals surface area contributed by atoms with Gasteiger partial charge in [0.15, 0.2) is 0 Å². The Balaban J connectivity index is 1.74. The van der Waals surface area contributed by atoms with Crippen LogP contribution in [-0.4, -0.2) is 18.2 Å². The number of nitrogens with one attached hydrogen (secondary N) is 1. The van der Waals surface area contributed by atoms with E-state index in [0.717, 1.165) is 35.3 Å². The van der Waals surface area contributed by atoms with Crippen LogP contribution in [0, 0.1) is 5.92 Å². The standard InChI is InChI=1S/C20H19ClN6O/c1-12(23-24-15-8-3-7-14(21)11-15)17-18(25-26-22)16-9-2-5-13-6-4-10-27(19(13)16)20(17)28/h2-3,5,7-9,11,17-18,24H,4,6,10H2,1H3/b23-12+. The quantitative estimate of drug-likeness (QED) is 0.257. The predicted molar refractivity (Wildman–Crippen MR) is 111 cm³/mol. The molecule has 0 saturated heterocycles. The van der Waals surface area contributed by atoms with Gasteiger partial charge in [-0.3, -0.25) is 10.2 Å². The first-order valence-electron chi connectivity index (χ1n) is 9.13. The number of para-hydroxylation sites is 1. The summed E-state index contributed by atoms with van der Waals surface area (Å²) in [6, 6.07) is 12.5. The number of nitrogens with zero attached hydrogens (tertiary/aromatic N) is 5. The number of hydrogen-bond acceptors (Lipinski definition) is 4. The Morgan fingerprint density at radius 2 is 2.14 bits per heavy atom. The molecule has 4 rings (SSSR count). The van der Waals surface area contributed by atoms with Crippen molar-refractivity contribution in [2.75, 3.05) is 16.9 Å². The number of hydrazone groups is 1. The predicted octanol–water partition coefficient (Wildman–Crippen LogP) is 5.09. The van der Waals surface area contributed by atoms with Gasteiger partial charge in [0.05, 0.1) is 23.3 Å². The van der Waals surface area contributed by atoms with Crippen LogP contribution in [-0.2, 0) is 11.2 Å². The molecule has 0 spiro atoms. The first kappa shape index (κ1) is 18.3. The normalized spacial score (nSPS) is 21.0. The summed E-state index contributed by atoms with van der Waals surface area (Å²) in [7, 11) is 0. The van der Waals surface area contributed by atoms with Crippen LogP contribution >= 0.6 is 11.6 Å². The van der Waals surface area contributed by atoms with Gasteiger partial charge in [0.25, 0.3) is 0 Å². The molecule has 8 heteroatoms. The van der Waals surface area contributed by atoms with Crippen molar-refractivity contribution in [3.8, 4) is 0 Å². The second kappa shape index (κ2) is 7.54. The highest BCUT2D eigenvalue weighted by Gasteiger charge is 2.43. The number of carbonyl (C=O) groups excluding carboxylic acids is 1. The monoisotopic (exact) mass is 394 g/mol. The minimum absolute atomic E-state index is 0.0776. The maximum atomic E-state index is 13.3. The molecule has 2 heterocycles. The molecule has 2 unspecified atom stereocenters. The summed E-state index contributed by atoms with van der Waals surface area (Å²) in [5.74, 6) is -0.727. The number of benzene rings is 2. The average Bonchev–Trinajstić information content (AvgIpc) is 2.70. The summed E-state index contributed by atoms with van der Waals surface area (Å²) in [5.41, 5.74) is 16.3. The van der Waals surface area contributed by atoms with Crippen LogP contribution < -0.4 is 10.3 Å². The number of azide groups is 1. The van der Waals surface area contributed by atoms with Gasteiger partial charge in [0, 0.05) is 22.2 Å². The number of rotatable bonds is 4. The smallest absolute Gasteiger partial charge is 0.236 e. The zero-order valence-corrected chi connectivity index (χ0v) is 16.1. The van der Waals surface area contributed by atoms with Crippen LogP contribution in [0.4, 0.5) is 11.4 Å². The largest absolute Gasteiger partial charge is 0.311 e. The molecule has 0 bridgehead atoms. The number of hydrogen-bond donors (Lipinski definition) is 1. The fourth-order valence-corrected chi connectivity index (χ4v) is 4.19. The van der Waals surface area contributed by atoms with Gasteiger partial charge < -0.3 is 4.90 Å². The highest BCUT2D eigenvalue weighted by atomic mass is 35.5. The van der Waals surface area contributed by atoms with Gasteiger partial charge in [-0.15, -0.1) is 0 Å². The van der Waals surface area contributed by atoms with E-state index in [1.54, 1.807) is 19.1 Å². The van der Waals surface area contributed by atoms with Gasteiger partial charge in [0.2, 0.25) is 5.91 Å². The summed E-state index contributed by atoms with van der Waals surface area (Å²) in [6.45, 7) is 2.44. The van der Waals surface area contributed by atoms with E-state index in [4.69, 9.17) is 17.1 Å². The van der Waals surface area contributed by atoms with Crippen molar-refractivity contribution >= 4 is 34.6 Å². The molecule has 2 aliphatic rings. The Bertz CT molecular complexity index is 1010. The van der Waals surface area contributed by atoms with E-state index >= 15 is 0 Å². The Morgan fingerprint density at radius 1 is 1.32 bits per heavy atom. The molecule has 1 N–H and O–H groups in total. The van der Waals surface area contributed by atoms with Crippen molar-refractivity contribution in [1.82, 2.24) is 0 Å². The molecule has 0 radical (unpaired) electrons. The number of aryl methyl sites for hydroxylation is 1. The van der Waals surface area contributed by atoms with E-state index in [1.807, 2.05) is 35.2 Å². The first-order valence-corrected chi connectivity index (χ1v) is 9.51. The minimum Gasteiger partial charge on any atom is -0.311 e. The summed E-state index contributed by atoms with van der Waals surface area (Å²) in [4.78, 5) is 18.1. The molecule has 142 valence electrons. The molecule has 1 amide bonds. The van der Waals surface area contributed by atoms with E-state index in [9.17, 15) is 4.79 Å². The number of amides is 1. The van der Waals surface area contributed by atoms with E-state index < -0.39 is 12.0 Å². The van der Waals surface area contributed by atoms with Gasteiger partial charge >= 0.3 is 0 Å². The lowest BCUT2D eigenvalue weighted by molar-refractivity contribution is -0.121. The molecule has 2 atom stereocenters. The van der Waals surface area contributed by atoms with Crippen molar-refractivity contribution < 1.29 is 4.79 Å². The van der Waals surface area contributed by atoms with E-state index in [1.165, 1.54) is 0 Å². The molecule has 28 heavy (non-hydrogen) atoms. The molecule has 0 aromatic heterocycles. The van der Waals surface area contributed by atoms with Crippen LogP contribution in [0.5, 0.6) is 0 Å². The van der Waals surface area contributed by atoms with Crippen molar-refractivity contribution in [3.63, 3.8) is 0 Å². The minimum atomic E-state index is -0.650. The zero-order chi connectivity index (χ0) is 19.7. The molecule has 2 aromatic rings. The fraction of sp³-hybridized carbons (Fsp3) is 0.300. The van der Waals surface area contributed by atoms with Crippen molar-refractivity contribution in [2.45, 2.75) is 25.8 Å². The third-order valence-corrected chi connectivity index (χ3v) is 5.46. The SMILES string of the molecule is C/C(=N\Nc1cccc(Cl)c1)C1C(=O)N2CCCc3cccc(c32)C1N=[N+]=[N-]. The van der Waals surface area contributed by atoms with Crippen LogP contribution in [0.25, 0.3) is 10.4 Å². The lowest BCUT2D eigenvalue weighted by Gasteiger charge is -2.41. The van der Waals surface area contributed by atoms with Gasteiger partial charge in [-0.25, -0.2) is 0 Å². The Hall–Kier alpha value is -3.02. The maximum Gasteiger partial charge on any atom is 0.236 e. The zero-order valence-electron chi connectivity index (χ0n) is 15.3. The molecular formula is C20H19ClN6O. The van der Waals surface area contributed by atoms with Crippen LogP contribution in [0.15, 0.2) is 52.7 Å². The lowest BCUT2D eigenvalue weighted by atomic mass is 9.81. The average molecular weight is 395 g/mol. The van der Waals surface area contributed by atoms with Crippen molar-refractivity contribution in [3.05, 3.63) is 69.1 Å². The number of anilines is 2. The topological polar surface area (TPSA) is 93.5 Å². The molecule has 7 nitrogen and oxygen atoms in total. The lowest BCUT2D eigenvalue weighted by Crippen LogP contribution is -2.48. The second-order valence-electron chi connectivity index (χ2n) is 6.95. The Kier molecular flexibility index (Phi) is 4.94. The van der Waals surface area contributed by atoms with Gasteiger partial charge in [-0.1, -0.05) is 41.0 Å². The van der Waals surface area contributed by atoms with Crippen LogP contribution in [0.1, 0.15) is 30.5 Å². The van der Waals surface area contributed by atoms with E-state index in [-0.39, 0.29) is 5.91 Å². The molecule has 2 aromatic carbocycles. The van der Waals surface area contributed by atoms with E-state index in [2.05, 4.69) is 20.6 Å². The summed E-state index contributed by atoms with van der Waals surface area (Å²) in [5, 5.41) is 8.98. The fourth-order valence-electron chi connectivity index (χ4n) is 4.00. The molecule has 0 fully saturated rings. The Morgan fingerprint density at radius 3 is 2.93 bits per heavy atom. The molecular weight excluding hydrogens is 376 g/mol. The van der Waals surface area contributed by atoms with Crippen LogP contribution in [0.2, 0.25) is 5.02 Å². The van der Waals surface area contributed by atoms with Gasteiger partial charge in [-0.2, -0.15) is 5.10 Å². The highest BCUT2D eigenvalue weighted by molar-refractivity contribution is 6.30. The molecule has 2 aliphatic heterocycles. The summed E-state index contributed by atoms with van der Waals surface area (Å²) >= 11 is 6.01. The molecule has 0 saturated carbocycles. The number of carbonyl (C=O) groups is 1. The third kappa shape index (κ3) is 3.19.